The minimum Gasteiger partial charge on any atom is -0.458 e. The predicted octanol–water partition coefficient (Wildman–Crippen LogP) is 3.70. The normalized spacial score (nSPS) is 14.2. The van der Waals surface area contributed by atoms with Gasteiger partial charge in [-0.1, -0.05) is 42.5 Å². The lowest BCUT2D eigenvalue weighted by Gasteiger charge is -2.36. The van der Waals surface area contributed by atoms with Crippen LogP contribution in [0.25, 0.3) is 0 Å². The Morgan fingerprint density at radius 3 is 1.35 bits per heavy atom. The summed E-state index contributed by atoms with van der Waals surface area (Å²) in [7, 11) is 0. The summed E-state index contributed by atoms with van der Waals surface area (Å²) < 4.78 is 83.2. The van der Waals surface area contributed by atoms with E-state index in [1.54, 1.807) is 30.3 Å². The van der Waals surface area contributed by atoms with Crippen molar-refractivity contribution in [3.05, 3.63) is 96.1 Å². The maximum absolute atomic E-state index is 15.1. The Hall–Kier alpha value is -4.85. The summed E-state index contributed by atoms with van der Waals surface area (Å²) in [6, 6.07) is 19.9. The molecule has 0 aromatic heterocycles. The molecule has 0 saturated carbocycles. The number of hydrogen-bond donors (Lipinski definition) is 0. The van der Waals surface area contributed by atoms with E-state index in [2.05, 4.69) is 0 Å². The highest BCUT2D eigenvalue weighted by Crippen LogP contribution is 2.41. The third-order valence-corrected chi connectivity index (χ3v) is 8.02. The van der Waals surface area contributed by atoms with Crippen molar-refractivity contribution in [3.8, 4) is 46.0 Å². The summed E-state index contributed by atoms with van der Waals surface area (Å²) in [6.07, 6.45) is 0. The Kier molecular flexibility index (Phi) is 4.08. The largest absolute Gasteiger partial charge is 0.458 e. The van der Waals surface area contributed by atoms with Gasteiger partial charge in [-0.15, -0.1) is 0 Å². The van der Waals surface area contributed by atoms with E-state index in [1.165, 1.54) is 0 Å². The minimum absolute atomic E-state index is 0.129. The molecule has 190 valence electrons. The van der Waals surface area contributed by atoms with Gasteiger partial charge in [0.05, 0.1) is 0 Å². The molecule has 0 atom stereocenters. The van der Waals surface area contributed by atoms with Crippen LogP contribution in [0.15, 0.2) is 72.8 Å². The zero-order valence-electron chi connectivity index (χ0n) is 20.2. The van der Waals surface area contributed by atoms with Gasteiger partial charge >= 0.3 is 0 Å². The van der Waals surface area contributed by atoms with Gasteiger partial charge in [0.2, 0.25) is 11.6 Å². The Labute approximate surface area is 224 Å². The molecule has 0 spiro atoms. The third kappa shape index (κ3) is 2.68. The number of para-hydroxylation sites is 2. The van der Waals surface area contributed by atoms with E-state index in [1.807, 2.05) is 30.3 Å². The van der Waals surface area contributed by atoms with Gasteiger partial charge in [-0.25, -0.2) is 8.78 Å². The molecule has 4 nitrogen and oxygen atoms in total. The molecule has 0 fully saturated rings. The second-order valence-electron chi connectivity index (χ2n) is 10.1. The van der Waals surface area contributed by atoms with E-state index in [0.29, 0.717) is 44.8 Å². The average molecular weight is 534 g/mol. The monoisotopic (exact) mass is 534 g/mol. The summed E-state index contributed by atoms with van der Waals surface area (Å²) in [6.45, 7) is -1.08. The predicted molar refractivity (Wildman–Crippen MR) is 142 cm³/mol. The van der Waals surface area contributed by atoms with Crippen molar-refractivity contribution in [3.63, 3.8) is 0 Å². The van der Waals surface area contributed by atoms with Crippen molar-refractivity contribution in [2.75, 3.05) is 0 Å². The fourth-order valence-electron chi connectivity index (χ4n) is 6.37. The molecule has 4 aliphatic rings. The highest BCUT2D eigenvalue weighted by Gasteiger charge is 2.46. The van der Waals surface area contributed by atoms with E-state index in [-0.39, 0.29) is 23.0 Å². The molecule has 0 saturated heterocycles. The molecule has 0 bridgehead atoms. The van der Waals surface area contributed by atoms with Gasteiger partial charge in [0.25, 0.3) is 13.4 Å². The van der Waals surface area contributed by atoms with Gasteiger partial charge in [0, 0.05) is 29.1 Å². The van der Waals surface area contributed by atoms with Crippen molar-refractivity contribution < 1.29 is 36.5 Å². The summed E-state index contributed by atoms with van der Waals surface area (Å²) in [5.74, 6) is -3.02. The van der Waals surface area contributed by atoms with Crippen LogP contribution < -0.4 is 51.7 Å². The Morgan fingerprint density at radius 1 is 0.425 bits per heavy atom. The van der Waals surface area contributed by atoms with Crippen molar-refractivity contribution in [1.82, 2.24) is 0 Å². The lowest BCUT2D eigenvalue weighted by Crippen LogP contribution is -2.61. The first kappa shape index (κ1) is 22.0. The molecule has 5 aromatic rings. The number of halogens is 4. The van der Waals surface area contributed by atoms with Crippen LogP contribution in [0.2, 0.25) is 0 Å². The first-order valence-electron chi connectivity index (χ1n) is 12.6. The highest BCUT2D eigenvalue weighted by molar-refractivity contribution is 7.01. The number of benzene rings is 5. The van der Waals surface area contributed by atoms with Gasteiger partial charge in [0.1, 0.15) is 34.5 Å². The SMILES string of the molecule is Fc1cc2c3c(c1F)Oc1ccccc1B3c1cc3c(cc1O2)Oc1cc(F)c(F)c2c1B3c1ccccc1O2. The van der Waals surface area contributed by atoms with Gasteiger partial charge in [-0.2, -0.15) is 8.78 Å². The van der Waals surface area contributed by atoms with Gasteiger partial charge in [-0.3, -0.25) is 0 Å². The van der Waals surface area contributed by atoms with Gasteiger partial charge < -0.3 is 18.9 Å². The van der Waals surface area contributed by atoms with Crippen LogP contribution in [-0.2, 0) is 0 Å². The molecular weight excluding hydrogens is 522 g/mol. The molecule has 0 unspecified atom stereocenters. The topological polar surface area (TPSA) is 36.9 Å². The smallest absolute Gasteiger partial charge is 0.260 e. The first-order chi connectivity index (χ1) is 19.5. The van der Waals surface area contributed by atoms with Crippen molar-refractivity contribution in [2.24, 2.45) is 0 Å². The number of rotatable bonds is 0. The van der Waals surface area contributed by atoms with Crippen LogP contribution in [0.1, 0.15) is 0 Å². The molecule has 0 radical (unpaired) electrons. The zero-order valence-corrected chi connectivity index (χ0v) is 20.2. The number of hydrogen-bond acceptors (Lipinski definition) is 4. The van der Waals surface area contributed by atoms with Crippen molar-refractivity contribution >= 4 is 46.2 Å². The fourth-order valence-corrected chi connectivity index (χ4v) is 6.37. The molecule has 9 rings (SSSR count). The maximum Gasteiger partial charge on any atom is 0.260 e. The van der Waals surface area contributed by atoms with E-state index < -0.39 is 36.7 Å². The van der Waals surface area contributed by atoms with Crippen molar-refractivity contribution in [2.45, 2.75) is 0 Å². The molecule has 40 heavy (non-hydrogen) atoms. The Balaban J connectivity index is 1.34. The summed E-state index contributed by atoms with van der Waals surface area (Å²) in [4.78, 5) is 0. The molecule has 4 aliphatic heterocycles. The molecule has 5 aromatic carbocycles. The molecule has 4 heterocycles. The lowest BCUT2D eigenvalue weighted by atomic mass is 9.31. The number of ether oxygens (including phenoxy) is 4. The molecule has 0 aliphatic carbocycles. The van der Waals surface area contributed by atoms with Crippen LogP contribution in [0, 0.1) is 23.3 Å². The van der Waals surface area contributed by atoms with Crippen molar-refractivity contribution in [1.29, 1.82) is 0 Å². The first-order valence-corrected chi connectivity index (χ1v) is 12.6. The Bertz CT molecular complexity index is 1860. The van der Waals surface area contributed by atoms with Crippen LogP contribution in [0.4, 0.5) is 17.6 Å². The van der Waals surface area contributed by atoms with Gasteiger partial charge in [-0.05, 0) is 34.0 Å². The Morgan fingerprint density at radius 2 is 0.875 bits per heavy atom. The van der Waals surface area contributed by atoms with E-state index in [0.717, 1.165) is 23.1 Å². The lowest BCUT2D eigenvalue weighted by molar-refractivity contribution is 0.404. The summed E-state index contributed by atoms with van der Waals surface area (Å²) in [5.41, 5.74) is 3.62. The van der Waals surface area contributed by atoms with E-state index >= 15 is 8.78 Å². The zero-order chi connectivity index (χ0) is 26.9. The van der Waals surface area contributed by atoms with E-state index in [9.17, 15) is 8.78 Å². The third-order valence-electron chi connectivity index (χ3n) is 8.02. The quantitative estimate of drug-likeness (QED) is 0.220. The molecule has 10 heteroatoms. The van der Waals surface area contributed by atoms with Crippen LogP contribution >= 0.6 is 0 Å². The minimum atomic E-state index is -1.10. The second-order valence-corrected chi connectivity index (χ2v) is 10.1. The van der Waals surface area contributed by atoms with E-state index in [4.69, 9.17) is 18.9 Å². The van der Waals surface area contributed by atoms with Gasteiger partial charge in [0.15, 0.2) is 23.1 Å². The fraction of sp³-hybridized carbons (Fsp3) is 0. The van der Waals surface area contributed by atoms with Crippen LogP contribution in [-0.4, -0.2) is 13.4 Å². The van der Waals surface area contributed by atoms with Crippen LogP contribution in [0.3, 0.4) is 0 Å². The molecule has 0 amide bonds. The second kappa shape index (κ2) is 7.41. The summed E-state index contributed by atoms with van der Waals surface area (Å²) in [5, 5.41) is 0. The highest BCUT2D eigenvalue weighted by atomic mass is 19.2. The molecule has 0 N–H and O–H groups in total. The average Bonchev–Trinajstić information content (AvgIpc) is 2.97. The summed E-state index contributed by atoms with van der Waals surface area (Å²) >= 11 is 0. The molecular formula is C30H12B2F4O4. The standard InChI is InChI=1S/C30H12B2F4O4/c33-17-10-23-25-29(27(17)35)39-19-7-3-1-5-13(19)31(25)15-9-16-22(12-21(15)37-23)38-24-11-18(34)28(36)30-26(24)32(16)14-6-2-4-8-20(14)40-30/h1-12H. The van der Waals surface area contributed by atoms with Crippen LogP contribution in [0.5, 0.6) is 46.0 Å². The number of fused-ring (bicyclic) bond motifs is 8. The maximum atomic E-state index is 15.1.